The maximum absolute atomic E-state index is 6.53. The normalized spacial score (nSPS) is 11.5. The van der Waals surface area contributed by atoms with Gasteiger partial charge in [0, 0.05) is 51.7 Å². The molecule has 0 saturated carbocycles. The number of anilines is 3. The molecule has 0 aliphatic rings. The summed E-state index contributed by atoms with van der Waals surface area (Å²) in [5.41, 5.74) is 12.0. The molecule has 0 N–H and O–H groups in total. The van der Waals surface area contributed by atoms with E-state index in [9.17, 15) is 0 Å². The van der Waals surface area contributed by atoms with Crippen LogP contribution in [0.1, 0.15) is 0 Å². The van der Waals surface area contributed by atoms with Crippen molar-refractivity contribution in [3.05, 3.63) is 194 Å². The van der Waals surface area contributed by atoms with Gasteiger partial charge >= 0.3 is 0 Å². The Morgan fingerprint density at radius 2 is 1.00 bits per heavy atom. The first kappa shape index (κ1) is 29.9. The molecule has 3 heteroatoms. The summed E-state index contributed by atoms with van der Waals surface area (Å²) >= 11 is 0. The zero-order chi connectivity index (χ0) is 34.4. The van der Waals surface area contributed by atoms with Crippen molar-refractivity contribution >= 4 is 60.5 Å². The highest BCUT2D eigenvalue weighted by molar-refractivity contribution is 6.10. The van der Waals surface area contributed by atoms with E-state index in [2.05, 4.69) is 186 Å². The van der Waals surface area contributed by atoms with E-state index in [0.717, 1.165) is 49.8 Å². The molecule has 0 aliphatic carbocycles. The zero-order valence-corrected chi connectivity index (χ0v) is 28.3. The lowest BCUT2D eigenvalue weighted by Gasteiger charge is -2.26. The molecule has 0 fully saturated rings. The van der Waals surface area contributed by atoms with Gasteiger partial charge in [-0.15, -0.1) is 0 Å². The maximum Gasteiger partial charge on any atom is 0.137 e. The molecule has 0 radical (unpaired) electrons. The fraction of sp³-hybridized carbons (Fsp3) is 0. The molecule has 2 heterocycles. The van der Waals surface area contributed by atoms with Crippen LogP contribution < -0.4 is 4.90 Å². The van der Waals surface area contributed by atoms with Gasteiger partial charge in [0.05, 0.1) is 0 Å². The van der Waals surface area contributed by atoms with Crippen LogP contribution in [0, 0.1) is 0 Å². The van der Waals surface area contributed by atoms with Crippen LogP contribution in [0.5, 0.6) is 0 Å². The number of furan rings is 1. The van der Waals surface area contributed by atoms with Gasteiger partial charge in [-0.1, -0.05) is 121 Å². The summed E-state index contributed by atoms with van der Waals surface area (Å²) in [4.78, 5) is 6.64. The van der Waals surface area contributed by atoms with Crippen LogP contribution in [0.2, 0.25) is 0 Å². The lowest BCUT2D eigenvalue weighted by molar-refractivity contribution is 0.669. The summed E-state index contributed by atoms with van der Waals surface area (Å²) in [7, 11) is 0. The molecule has 0 spiro atoms. The summed E-state index contributed by atoms with van der Waals surface area (Å²) < 4.78 is 6.53. The Kier molecular flexibility index (Phi) is 7.14. The largest absolute Gasteiger partial charge is 0.456 e. The van der Waals surface area contributed by atoms with Gasteiger partial charge in [-0.2, -0.15) is 0 Å². The van der Waals surface area contributed by atoms with Crippen molar-refractivity contribution in [3.8, 4) is 33.4 Å². The second-order valence-corrected chi connectivity index (χ2v) is 13.3. The number of fused-ring (bicyclic) bond motifs is 5. The molecule has 244 valence electrons. The number of rotatable bonds is 6. The first-order valence-corrected chi connectivity index (χ1v) is 17.6. The fourth-order valence-corrected chi connectivity index (χ4v) is 7.51. The predicted octanol–water partition coefficient (Wildman–Crippen LogP) is 13.8. The average Bonchev–Trinajstić information content (AvgIpc) is 3.57. The Morgan fingerprint density at radius 3 is 1.83 bits per heavy atom. The lowest BCUT2D eigenvalue weighted by Crippen LogP contribution is -2.10. The summed E-state index contributed by atoms with van der Waals surface area (Å²) in [6.07, 6.45) is 3.73. The van der Waals surface area contributed by atoms with E-state index >= 15 is 0 Å². The Balaban J connectivity index is 1.09. The smallest absolute Gasteiger partial charge is 0.137 e. The Morgan fingerprint density at radius 1 is 0.365 bits per heavy atom. The monoisotopic (exact) mass is 664 g/mol. The summed E-state index contributed by atoms with van der Waals surface area (Å²) in [6, 6.07) is 65.0. The van der Waals surface area contributed by atoms with Crippen molar-refractivity contribution in [2.45, 2.75) is 0 Å². The number of pyridine rings is 1. The van der Waals surface area contributed by atoms with Crippen molar-refractivity contribution in [2.24, 2.45) is 0 Å². The molecule has 0 saturated heterocycles. The molecule has 0 unspecified atom stereocenters. The van der Waals surface area contributed by atoms with Gasteiger partial charge in [-0.25, -0.2) is 0 Å². The Bertz CT molecular complexity index is 2880. The van der Waals surface area contributed by atoms with E-state index in [1.54, 1.807) is 0 Å². The third kappa shape index (κ3) is 5.28. The van der Waals surface area contributed by atoms with Crippen molar-refractivity contribution in [1.82, 2.24) is 4.98 Å². The molecule has 0 aliphatic heterocycles. The minimum absolute atomic E-state index is 0.848. The lowest BCUT2D eigenvalue weighted by atomic mass is 9.97. The first-order valence-electron chi connectivity index (χ1n) is 17.6. The highest BCUT2D eigenvalue weighted by Crippen LogP contribution is 2.41. The minimum atomic E-state index is 0.848. The molecule has 10 rings (SSSR count). The Labute approximate surface area is 301 Å². The van der Waals surface area contributed by atoms with E-state index in [1.807, 2.05) is 18.5 Å². The zero-order valence-electron chi connectivity index (χ0n) is 28.3. The standard InChI is InChI=1S/C49H32N2O/c1-2-8-33(9-3-1)34-16-18-35(19-17-34)36-20-22-41(23-21-36)51(42-13-6-12-39(28-42)45-15-7-11-37-10-4-5-14-44(37)45)43-24-25-46-47-29-38-26-27-50-32-40(38)30-48(47)52-49(46)31-43/h1-32H. The number of hydrogen-bond donors (Lipinski definition) is 0. The number of hydrogen-bond acceptors (Lipinski definition) is 3. The van der Waals surface area contributed by atoms with Crippen LogP contribution in [-0.4, -0.2) is 4.98 Å². The number of aromatic nitrogens is 1. The average molecular weight is 665 g/mol. The predicted molar refractivity (Wildman–Crippen MR) is 218 cm³/mol. The number of nitrogens with zero attached hydrogens (tertiary/aromatic N) is 2. The van der Waals surface area contributed by atoms with Gasteiger partial charge in [0.1, 0.15) is 11.2 Å². The van der Waals surface area contributed by atoms with E-state index in [-0.39, 0.29) is 0 Å². The van der Waals surface area contributed by atoms with E-state index in [0.29, 0.717) is 0 Å². The SMILES string of the molecule is c1ccc(-c2ccc(-c3ccc(N(c4cccc(-c5cccc6ccccc56)c4)c4ccc5c(c4)oc4cc6cnccc6cc45)cc3)cc2)cc1. The summed E-state index contributed by atoms with van der Waals surface area (Å²) in [6.45, 7) is 0. The highest BCUT2D eigenvalue weighted by Gasteiger charge is 2.17. The topological polar surface area (TPSA) is 29.3 Å². The molecular weight excluding hydrogens is 633 g/mol. The number of benzene rings is 8. The molecule has 2 aromatic heterocycles. The van der Waals surface area contributed by atoms with Gasteiger partial charge < -0.3 is 9.32 Å². The third-order valence-corrected chi connectivity index (χ3v) is 10.1. The fourth-order valence-electron chi connectivity index (χ4n) is 7.51. The van der Waals surface area contributed by atoms with Crippen LogP contribution in [0.25, 0.3) is 76.9 Å². The van der Waals surface area contributed by atoms with E-state index in [4.69, 9.17) is 4.42 Å². The molecule has 0 bridgehead atoms. The maximum atomic E-state index is 6.53. The van der Waals surface area contributed by atoms with Crippen LogP contribution >= 0.6 is 0 Å². The molecule has 52 heavy (non-hydrogen) atoms. The third-order valence-electron chi connectivity index (χ3n) is 10.1. The van der Waals surface area contributed by atoms with Crippen molar-refractivity contribution in [3.63, 3.8) is 0 Å². The van der Waals surface area contributed by atoms with Crippen molar-refractivity contribution in [2.75, 3.05) is 4.90 Å². The van der Waals surface area contributed by atoms with Crippen LogP contribution in [-0.2, 0) is 0 Å². The minimum Gasteiger partial charge on any atom is -0.456 e. The van der Waals surface area contributed by atoms with Crippen LogP contribution in [0.4, 0.5) is 17.1 Å². The van der Waals surface area contributed by atoms with E-state index in [1.165, 1.54) is 44.2 Å². The van der Waals surface area contributed by atoms with Gasteiger partial charge in [0.15, 0.2) is 0 Å². The van der Waals surface area contributed by atoms with Gasteiger partial charge in [-0.3, -0.25) is 4.98 Å². The summed E-state index contributed by atoms with van der Waals surface area (Å²) in [5.74, 6) is 0. The quantitative estimate of drug-likeness (QED) is 0.177. The second-order valence-electron chi connectivity index (χ2n) is 13.3. The van der Waals surface area contributed by atoms with Gasteiger partial charge in [-0.05, 0) is 104 Å². The second kappa shape index (κ2) is 12.4. The molecule has 0 amide bonds. The van der Waals surface area contributed by atoms with Gasteiger partial charge in [0.25, 0.3) is 0 Å². The molecular formula is C49H32N2O. The Hall–Kier alpha value is -6.97. The molecule has 0 atom stereocenters. The first-order chi connectivity index (χ1) is 25.7. The summed E-state index contributed by atoms with van der Waals surface area (Å²) in [5, 5.41) is 6.88. The molecule has 8 aromatic carbocycles. The van der Waals surface area contributed by atoms with Crippen LogP contribution in [0.15, 0.2) is 199 Å². The molecule has 3 nitrogen and oxygen atoms in total. The van der Waals surface area contributed by atoms with Crippen molar-refractivity contribution in [1.29, 1.82) is 0 Å². The van der Waals surface area contributed by atoms with Crippen LogP contribution in [0.3, 0.4) is 0 Å². The van der Waals surface area contributed by atoms with Gasteiger partial charge in [0.2, 0.25) is 0 Å². The van der Waals surface area contributed by atoms with E-state index < -0.39 is 0 Å². The molecule has 10 aromatic rings. The van der Waals surface area contributed by atoms with Crippen molar-refractivity contribution < 1.29 is 4.42 Å². The highest BCUT2D eigenvalue weighted by atomic mass is 16.3.